The number of amides is 2. The van der Waals surface area contributed by atoms with Gasteiger partial charge in [-0.2, -0.15) is 0 Å². The number of halogens is 1. The van der Waals surface area contributed by atoms with Crippen molar-refractivity contribution in [2.75, 3.05) is 19.0 Å². The fraction of sp³-hybridized carbons (Fsp3) is 0.292. The van der Waals surface area contributed by atoms with Crippen molar-refractivity contribution in [3.8, 4) is 5.75 Å². The standard InChI is InChI=1S/C24H25BrN2O2S/c1-4-20-15(2)30-23-21(20)13-14-27(22(23)16-5-11-19(29-3)12-6-16)24(28)26-18-9-7-17(25)8-10-18/h5-12,22H,4,13-14H2,1-3H3,(H,26,28)/t22-/m0/s1. The van der Waals surface area contributed by atoms with E-state index in [-0.39, 0.29) is 12.1 Å². The van der Waals surface area contributed by atoms with E-state index in [1.165, 1.54) is 20.9 Å². The van der Waals surface area contributed by atoms with Crippen LogP contribution in [-0.2, 0) is 12.8 Å². The first-order valence-electron chi connectivity index (χ1n) is 10.1. The second-order valence-electron chi connectivity index (χ2n) is 7.39. The minimum absolute atomic E-state index is 0.0760. The van der Waals surface area contributed by atoms with E-state index in [1.807, 2.05) is 52.6 Å². The summed E-state index contributed by atoms with van der Waals surface area (Å²) in [6, 6.07) is 15.6. The molecule has 2 aromatic carbocycles. The summed E-state index contributed by atoms with van der Waals surface area (Å²) in [4.78, 5) is 17.9. The average molecular weight is 485 g/mol. The normalized spacial score (nSPS) is 15.6. The molecule has 4 rings (SSSR count). The van der Waals surface area contributed by atoms with Crippen LogP contribution in [0.3, 0.4) is 0 Å². The Kier molecular flexibility index (Phi) is 6.16. The zero-order chi connectivity index (χ0) is 21.3. The number of benzene rings is 2. The fourth-order valence-corrected chi connectivity index (χ4v) is 5.88. The number of aryl methyl sites for hydroxylation is 1. The maximum Gasteiger partial charge on any atom is 0.322 e. The molecule has 0 saturated carbocycles. The lowest BCUT2D eigenvalue weighted by molar-refractivity contribution is 0.195. The van der Waals surface area contributed by atoms with E-state index in [4.69, 9.17) is 4.74 Å². The number of hydrogen-bond acceptors (Lipinski definition) is 3. The summed E-state index contributed by atoms with van der Waals surface area (Å²) in [6.07, 6.45) is 1.92. The van der Waals surface area contributed by atoms with Gasteiger partial charge in [0, 0.05) is 26.5 Å². The topological polar surface area (TPSA) is 41.6 Å². The van der Waals surface area contributed by atoms with Crippen molar-refractivity contribution in [1.82, 2.24) is 4.90 Å². The van der Waals surface area contributed by atoms with Crippen molar-refractivity contribution in [3.63, 3.8) is 0 Å². The lowest BCUT2D eigenvalue weighted by Crippen LogP contribution is -2.42. The molecule has 0 spiro atoms. The maximum absolute atomic E-state index is 13.3. The molecule has 1 aromatic heterocycles. The number of ether oxygens (including phenoxy) is 1. The van der Waals surface area contributed by atoms with Gasteiger partial charge in [0.05, 0.1) is 13.2 Å². The second kappa shape index (κ2) is 8.82. The number of fused-ring (bicyclic) bond motifs is 1. The van der Waals surface area contributed by atoms with Crippen molar-refractivity contribution < 1.29 is 9.53 Å². The van der Waals surface area contributed by atoms with Crippen molar-refractivity contribution in [3.05, 3.63) is 79.4 Å². The molecule has 0 fully saturated rings. The number of anilines is 1. The van der Waals surface area contributed by atoms with Gasteiger partial charge in [-0.25, -0.2) is 4.79 Å². The van der Waals surface area contributed by atoms with E-state index in [9.17, 15) is 4.79 Å². The second-order valence-corrected chi connectivity index (χ2v) is 9.56. The van der Waals surface area contributed by atoms with Crippen LogP contribution in [-0.4, -0.2) is 24.6 Å². The fourth-order valence-electron chi connectivity index (χ4n) is 4.17. The summed E-state index contributed by atoms with van der Waals surface area (Å²) in [5, 5.41) is 3.07. The highest BCUT2D eigenvalue weighted by Gasteiger charge is 2.35. The number of hydrogen-bond donors (Lipinski definition) is 1. The molecule has 6 heteroatoms. The molecule has 2 amide bonds. The zero-order valence-electron chi connectivity index (χ0n) is 17.4. The van der Waals surface area contributed by atoms with E-state index in [1.54, 1.807) is 7.11 Å². The Hall–Kier alpha value is -2.31. The number of carbonyl (C=O) groups is 1. The molecule has 0 radical (unpaired) electrons. The van der Waals surface area contributed by atoms with Crippen LogP contribution in [0.5, 0.6) is 5.75 Å². The quantitative estimate of drug-likeness (QED) is 0.454. The van der Waals surface area contributed by atoms with Gasteiger partial charge in [-0.3, -0.25) is 0 Å². The van der Waals surface area contributed by atoms with Crippen molar-refractivity contribution in [2.24, 2.45) is 0 Å². The highest BCUT2D eigenvalue weighted by Crippen LogP contribution is 2.43. The van der Waals surface area contributed by atoms with Crippen LogP contribution < -0.4 is 10.1 Å². The first-order valence-corrected chi connectivity index (χ1v) is 11.7. The van der Waals surface area contributed by atoms with Gasteiger partial charge in [-0.05, 0) is 72.9 Å². The van der Waals surface area contributed by atoms with Gasteiger partial charge >= 0.3 is 6.03 Å². The number of methoxy groups -OCH3 is 1. The SMILES string of the molecule is CCc1c(C)sc2c1CCN(C(=O)Nc1ccc(Br)cc1)[C@H]2c1ccc(OC)cc1. The van der Waals surface area contributed by atoms with E-state index < -0.39 is 0 Å². The molecule has 1 aliphatic heterocycles. The largest absolute Gasteiger partial charge is 0.497 e. The molecule has 1 N–H and O–H groups in total. The molecule has 4 nitrogen and oxygen atoms in total. The van der Waals surface area contributed by atoms with Gasteiger partial charge in [-0.1, -0.05) is 35.0 Å². The monoisotopic (exact) mass is 484 g/mol. The van der Waals surface area contributed by atoms with Crippen LogP contribution in [0.15, 0.2) is 53.0 Å². The molecule has 30 heavy (non-hydrogen) atoms. The molecule has 0 bridgehead atoms. The maximum atomic E-state index is 13.3. The first kappa shape index (κ1) is 20.9. The minimum Gasteiger partial charge on any atom is -0.497 e. The predicted molar refractivity (Wildman–Crippen MR) is 127 cm³/mol. The molecule has 156 valence electrons. The van der Waals surface area contributed by atoms with E-state index in [0.717, 1.165) is 34.3 Å². The Morgan fingerprint density at radius 2 is 1.90 bits per heavy atom. The molecule has 0 saturated heterocycles. The number of rotatable bonds is 4. The van der Waals surface area contributed by atoms with Crippen LogP contribution in [0.1, 0.15) is 39.4 Å². The van der Waals surface area contributed by atoms with Gasteiger partial charge in [0.25, 0.3) is 0 Å². The van der Waals surface area contributed by atoms with Gasteiger partial charge in [0.2, 0.25) is 0 Å². The number of carbonyl (C=O) groups excluding carboxylic acids is 1. The molecule has 1 aliphatic rings. The summed E-state index contributed by atoms with van der Waals surface area (Å²) >= 11 is 5.27. The lowest BCUT2D eigenvalue weighted by Gasteiger charge is -2.36. The molecule has 0 aliphatic carbocycles. The summed E-state index contributed by atoms with van der Waals surface area (Å²) in [7, 11) is 1.67. The molecule has 0 unspecified atom stereocenters. The van der Waals surface area contributed by atoms with Crippen LogP contribution in [0.25, 0.3) is 0 Å². The summed E-state index contributed by atoms with van der Waals surface area (Å²) in [6.45, 7) is 5.10. The average Bonchev–Trinajstić information content (AvgIpc) is 3.09. The van der Waals surface area contributed by atoms with Crippen LogP contribution in [0.4, 0.5) is 10.5 Å². The summed E-state index contributed by atoms with van der Waals surface area (Å²) in [5.41, 5.74) is 4.76. The number of urea groups is 1. The lowest BCUT2D eigenvalue weighted by atomic mass is 9.92. The number of nitrogens with one attached hydrogen (secondary N) is 1. The number of nitrogens with zero attached hydrogens (tertiary/aromatic N) is 1. The third kappa shape index (κ3) is 3.98. The van der Waals surface area contributed by atoms with E-state index in [0.29, 0.717) is 6.54 Å². The van der Waals surface area contributed by atoms with Crippen LogP contribution in [0.2, 0.25) is 0 Å². The first-order chi connectivity index (χ1) is 14.5. The van der Waals surface area contributed by atoms with Gasteiger partial charge in [-0.15, -0.1) is 11.3 Å². The van der Waals surface area contributed by atoms with Gasteiger partial charge < -0.3 is 15.0 Å². The van der Waals surface area contributed by atoms with Crippen LogP contribution in [0, 0.1) is 6.92 Å². The highest BCUT2D eigenvalue weighted by atomic mass is 79.9. The summed E-state index contributed by atoms with van der Waals surface area (Å²) < 4.78 is 6.32. The Morgan fingerprint density at radius 1 is 1.20 bits per heavy atom. The molecular weight excluding hydrogens is 460 g/mol. The molecule has 3 aromatic rings. The Bertz CT molecular complexity index is 1040. The molecular formula is C24H25BrN2O2S. The third-order valence-electron chi connectivity index (χ3n) is 5.65. The van der Waals surface area contributed by atoms with Crippen molar-refractivity contribution in [2.45, 2.75) is 32.7 Å². The molecule has 1 atom stereocenters. The third-order valence-corrected chi connectivity index (χ3v) is 7.42. The number of thiophene rings is 1. The van der Waals surface area contributed by atoms with E-state index in [2.05, 4.69) is 47.2 Å². The van der Waals surface area contributed by atoms with E-state index >= 15 is 0 Å². The smallest absolute Gasteiger partial charge is 0.322 e. The Labute approximate surface area is 190 Å². The summed E-state index contributed by atoms with van der Waals surface area (Å²) in [5.74, 6) is 0.817. The predicted octanol–water partition coefficient (Wildman–Crippen LogP) is 6.57. The van der Waals surface area contributed by atoms with Crippen molar-refractivity contribution in [1.29, 1.82) is 0 Å². The van der Waals surface area contributed by atoms with Crippen molar-refractivity contribution >= 4 is 39.0 Å². The molecule has 2 heterocycles. The zero-order valence-corrected chi connectivity index (χ0v) is 19.8. The Balaban J connectivity index is 1.72. The highest BCUT2D eigenvalue weighted by molar-refractivity contribution is 9.10. The van der Waals surface area contributed by atoms with Crippen LogP contribution >= 0.6 is 27.3 Å². The van der Waals surface area contributed by atoms with Gasteiger partial charge in [0.1, 0.15) is 5.75 Å². The Morgan fingerprint density at radius 3 is 2.53 bits per heavy atom. The van der Waals surface area contributed by atoms with Gasteiger partial charge in [0.15, 0.2) is 0 Å². The minimum atomic E-state index is -0.0981.